The first-order valence-electron chi connectivity index (χ1n) is 5.20. The number of nitrogens with one attached hydrogen (secondary N) is 1. The quantitative estimate of drug-likeness (QED) is 0.728. The molecule has 0 aliphatic carbocycles. The van der Waals surface area contributed by atoms with Gasteiger partial charge in [0, 0.05) is 11.9 Å². The van der Waals surface area contributed by atoms with Crippen LogP contribution in [0.2, 0.25) is 0 Å². The Morgan fingerprint density at radius 1 is 1.69 bits per heavy atom. The molecule has 1 atom stereocenters. The predicted molar refractivity (Wildman–Crippen MR) is 60.4 cm³/mol. The number of nitrogens with zero attached hydrogens (tertiary/aromatic N) is 1. The van der Waals surface area contributed by atoms with Crippen molar-refractivity contribution in [3.63, 3.8) is 0 Å². The fourth-order valence-electron chi connectivity index (χ4n) is 2.13. The Morgan fingerprint density at radius 2 is 2.56 bits per heavy atom. The minimum atomic E-state index is -0.196. The third kappa shape index (κ3) is 1.37. The van der Waals surface area contributed by atoms with Gasteiger partial charge in [0.25, 0.3) is 5.91 Å². The van der Waals surface area contributed by atoms with E-state index in [9.17, 15) is 9.90 Å². The smallest absolute Gasteiger partial charge is 0.263 e. The molecule has 3 rings (SSSR count). The Hall–Kier alpha value is -1.27. The fraction of sp³-hybridized carbons (Fsp3) is 0.500. The van der Waals surface area contributed by atoms with Crippen LogP contribution in [0.5, 0.6) is 5.75 Å². The van der Waals surface area contributed by atoms with E-state index >= 15 is 0 Å². The van der Waals surface area contributed by atoms with E-state index in [1.165, 1.54) is 11.3 Å². The Kier molecular flexibility index (Phi) is 2.26. The highest BCUT2D eigenvalue weighted by Gasteiger charge is 2.32. The van der Waals surface area contributed by atoms with Gasteiger partial charge in [0.05, 0.1) is 19.2 Å². The molecule has 2 N–H and O–H groups in total. The third-order valence-electron chi connectivity index (χ3n) is 2.87. The van der Waals surface area contributed by atoms with Crippen LogP contribution in [0.3, 0.4) is 0 Å². The van der Waals surface area contributed by atoms with Gasteiger partial charge in [-0.05, 0) is 0 Å². The molecule has 0 saturated carbocycles. The third-order valence-corrected chi connectivity index (χ3v) is 3.82. The molecule has 16 heavy (non-hydrogen) atoms. The second-order valence-corrected chi connectivity index (χ2v) is 4.80. The number of anilines is 1. The molecule has 0 fully saturated rings. The van der Waals surface area contributed by atoms with Crippen molar-refractivity contribution in [1.82, 2.24) is 5.32 Å². The van der Waals surface area contributed by atoms with Crippen molar-refractivity contribution in [2.75, 3.05) is 31.2 Å². The molecule has 0 spiro atoms. The molecule has 0 saturated heterocycles. The van der Waals surface area contributed by atoms with E-state index in [2.05, 4.69) is 10.2 Å². The van der Waals surface area contributed by atoms with E-state index in [1.54, 1.807) is 0 Å². The molecular weight excluding hydrogens is 228 g/mol. The normalized spacial score (nSPS) is 23.2. The van der Waals surface area contributed by atoms with E-state index in [1.807, 2.05) is 5.38 Å². The van der Waals surface area contributed by atoms with Gasteiger partial charge in [-0.25, -0.2) is 0 Å². The summed E-state index contributed by atoms with van der Waals surface area (Å²) in [7, 11) is 0. The molecule has 0 unspecified atom stereocenters. The highest BCUT2D eigenvalue weighted by molar-refractivity contribution is 7.13. The molecule has 3 heterocycles. The lowest BCUT2D eigenvalue weighted by Gasteiger charge is -2.30. The molecule has 1 aromatic rings. The molecule has 6 heteroatoms. The van der Waals surface area contributed by atoms with Crippen molar-refractivity contribution in [2.24, 2.45) is 0 Å². The maximum Gasteiger partial charge on any atom is 0.263 e. The zero-order valence-electron chi connectivity index (χ0n) is 8.60. The molecule has 1 aromatic heterocycles. The minimum Gasteiger partial charge on any atom is -0.489 e. The van der Waals surface area contributed by atoms with Crippen LogP contribution in [0.1, 0.15) is 9.67 Å². The van der Waals surface area contributed by atoms with Crippen LogP contribution in [0.4, 0.5) is 5.69 Å². The minimum absolute atomic E-state index is 0.0344. The zero-order valence-corrected chi connectivity index (χ0v) is 9.42. The van der Waals surface area contributed by atoms with Crippen LogP contribution in [0.15, 0.2) is 5.38 Å². The van der Waals surface area contributed by atoms with E-state index in [-0.39, 0.29) is 18.6 Å². The van der Waals surface area contributed by atoms with Crippen LogP contribution in [0.25, 0.3) is 0 Å². The lowest BCUT2D eigenvalue weighted by molar-refractivity contribution is 0.0928. The number of carbonyl (C=O) groups excluding carboxylic acids is 1. The second-order valence-electron chi connectivity index (χ2n) is 3.93. The van der Waals surface area contributed by atoms with Crippen molar-refractivity contribution in [3.8, 4) is 5.75 Å². The van der Waals surface area contributed by atoms with Gasteiger partial charge in [0.1, 0.15) is 17.2 Å². The summed E-state index contributed by atoms with van der Waals surface area (Å²) in [5.41, 5.74) is 0.893. The van der Waals surface area contributed by atoms with E-state index in [0.29, 0.717) is 18.0 Å². The number of carbonyl (C=O) groups is 1. The molecule has 0 aromatic carbocycles. The summed E-state index contributed by atoms with van der Waals surface area (Å²) >= 11 is 1.39. The van der Waals surface area contributed by atoms with Gasteiger partial charge in [0.15, 0.2) is 5.75 Å². The average molecular weight is 240 g/mol. The standard InChI is InChI=1S/C10H12N2O3S/c13-4-6-3-12-1-2-15-7-5-16-9(8(7)12)10(14)11-6/h5-6,13H,1-4H2,(H,11,14)/t6-/m1/s1. The molecule has 0 radical (unpaired) electrons. The molecular formula is C10H12N2O3S. The summed E-state index contributed by atoms with van der Waals surface area (Å²) < 4.78 is 5.51. The lowest BCUT2D eigenvalue weighted by Crippen LogP contribution is -2.44. The van der Waals surface area contributed by atoms with Gasteiger partial charge in [0.2, 0.25) is 0 Å². The summed E-state index contributed by atoms with van der Waals surface area (Å²) in [6.07, 6.45) is 0. The summed E-state index contributed by atoms with van der Waals surface area (Å²) in [5.74, 6) is 0.679. The van der Waals surface area contributed by atoms with Crippen molar-refractivity contribution in [1.29, 1.82) is 0 Å². The van der Waals surface area contributed by atoms with Gasteiger partial charge in [-0.2, -0.15) is 0 Å². The molecule has 5 nitrogen and oxygen atoms in total. The van der Waals surface area contributed by atoms with Crippen LogP contribution in [-0.4, -0.2) is 43.4 Å². The highest BCUT2D eigenvalue weighted by atomic mass is 32.1. The van der Waals surface area contributed by atoms with E-state index in [4.69, 9.17) is 4.74 Å². The number of thiophene rings is 1. The van der Waals surface area contributed by atoms with Crippen molar-refractivity contribution < 1.29 is 14.6 Å². The van der Waals surface area contributed by atoms with Crippen LogP contribution < -0.4 is 15.0 Å². The Balaban J connectivity index is 2.06. The number of amides is 1. The van der Waals surface area contributed by atoms with Gasteiger partial charge in [-0.15, -0.1) is 11.3 Å². The number of aliphatic hydroxyl groups excluding tert-OH is 1. The number of hydrogen-bond acceptors (Lipinski definition) is 5. The van der Waals surface area contributed by atoms with Crippen LogP contribution in [0, 0.1) is 0 Å². The maximum absolute atomic E-state index is 11.9. The van der Waals surface area contributed by atoms with Crippen LogP contribution in [-0.2, 0) is 0 Å². The van der Waals surface area contributed by atoms with Gasteiger partial charge in [-0.3, -0.25) is 4.79 Å². The SMILES string of the molecule is O=C1N[C@@H](CO)CN2CCOc3csc1c32. The number of rotatable bonds is 1. The molecule has 2 aliphatic rings. The summed E-state index contributed by atoms with van der Waals surface area (Å²) in [4.78, 5) is 14.7. The summed E-state index contributed by atoms with van der Waals surface area (Å²) in [5, 5.41) is 13.9. The van der Waals surface area contributed by atoms with E-state index in [0.717, 1.165) is 18.0 Å². The Morgan fingerprint density at radius 3 is 3.38 bits per heavy atom. The number of aliphatic hydroxyl groups is 1. The second kappa shape index (κ2) is 3.64. The molecule has 1 amide bonds. The topological polar surface area (TPSA) is 61.8 Å². The first-order valence-corrected chi connectivity index (χ1v) is 6.08. The molecule has 86 valence electrons. The molecule has 2 aliphatic heterocycles. The zero-order chi connectivity index (χ0) is 11.1. The first kappa shape index (κ1) is 9.92. The number of ether oxygens (including phenoxy) is 1. The van der Waals surface area contributed by atoms with Crippen molar-refractivity contribution in [3.05, 3.63) is 10.3 Å². The largest absolute Gasteiger partial charge is 0.489 e. The average Bonchev–Trinajstić information content (AvgIpc) is 2.66. The first-order chi connectivity index (χ1) is 7.79. The van der Waals surface area contributed by atoms with Crippen LogP contribution >= 0.6 is 11.3 Å². The highest BCUT2D eigenvalue weighted by Crippen LogP contribution is 2.41. The predicted octanol–water partition coefficient (Wildman–Crippen LogP) is 0.0512. The van der Waals surface area contributed by atoms with E-state index < -0.39 is 0 Å². The van der Waals surface area contributed by atoms with Gasteiger partial charge >= 0.3 is 0 Å². The van der Waals surface area contributed by atoms with Gasteiger partial charge in [-0.1, -0.05) is 0 Å². The number of hydrogen-bond donors (Lipinski definition) is 2. The fourth-order valence-corrected chi connectivity index (χ4v) is 3.04. The Bertz CT molecular complexity index is 432. The summed E-state index contributed by atoms with van der Waals surface area (Å²) in [6, 6.07) is -0.196. The molecule has 0 bridgehead atoms. The van der Waals surface area contributed by atoms with Crippen molar-refractivity contribution in [2.45, 2.75) is 6.04 Å². The summed E-state index contributed by atoms with van der Waals surface area (Å²) in [6.45, 7) is 2.01. The monoisotopic (exact) mass is 240 g/mol. The lowest BCUT2D eigenvalue weighted by atomic mass is 10.2. The van der Waals surface area contributed by atoms with Gasteiger partial charge < -0.3 is 20.1 Å². The maximum atomic E-state index is 11.9. The van der Waals surface area contributed by atoms with Crippen molar-refractivity contribution >= 4 is 22.9 Å². The Labute approximate surface area is 96.6 Å².